The third kappa shape index (κ3) is 4.36. The predicted molar refractivity (Wildman–Crippen MR) is 116 cm³/mol. The van der Waals surface area contributed by atoms with Crippen molar-refractivity contribution in [3.63, 3.8) is 0 Å². The number of nitrogens with two attached hydrogens (primary N) is 1. The molecule has 9 nitrogen and oxygen atoms in total. The fourth-order valence-corrected chi connectivity index (χ4v) is 3.16. The number of nitrogens with one attached hydrogen (secondary N) is 2. The first-order valence-electron chi connectivity index (χ1n) is 9.97. The lowest BCUT2D eigenvalue weighted by atomic mass is 9.91. The molecule has 2 aromatic heterocycles. The van der Waals surface area contributed by atoms with Crippen molar-refractivity contribution < 1.29 is 18.7 Å². The Morgan fingerprint density at radius 2 is 2.03 bits per heavy atom. The van der Waals surface area contributed by atoms with Crippen molar-refractivity contribution in [3.05, 3.63) is 60.8 Å². The second-order valence-electron chi connectivity index (χ2n) is 7.67. The maximum Gasteiger partial charge on any atom is 0.228 e. The van der Waals surface area contributed by atoms with E-state index >= 15 is 0 Å². The van der Waals surface area contributed by atoms with Gasteiger partial charge in [-0.25, -0.2) is 19.3 Å². The average molecular weight is 438 g/mol. The van der Waals surface area contributed by atoms with Crippen LogP contribution in [0.1, 0.15) is 19.0 Å². The number of carbonyl (C=O) groups is 1. The first-order chi connectivity index (χ1) is 15.4. The van der Waals surface area contributed by atoms with Crippen molar-refractivity contribution in [2.45, 2.75) is 13.2 Å². The van der Waals surface area contributed by atoms with Gasteiger partial charge in [0.25, 0.3) is 0 Å². The predicted octanol–water partition coefficient (Wildman–Crippen LogP) is 2.81. The summed E-state index contributed by atoms with van der Waals surface area (Å²) in [5, 5.41) is 3.04. The number of hydrogen-bond donors (Lipinski definition) is 3. The summed E-state index contributed by atoms with van der Waals surface area (Å²) in [6.07, 6.45) is 2.50. The Morgan fingerprint density at radius 1 is 1.31 bits per heavy atom. The number of aromatic amines is 1. The molecule has 1 fully saturated rings. The van der Waals surface area contributed by atoms with Crippen LogP contribution in [0.5, 0.6) is 0 Å². The Bertz CT molecular complexity index is 1120. The van der Waals surface area contributed by atoms with Gasteiger partial charge in [0.1, 0.15) is 5.82 Å². The summed E-state index contributed by atoms with van der Waals surface area (Å²) < 4.78 is 25.0. The molecule has 32 heavy (non-hydrogen) atoms. The summed E-state index contributed by atoms with van der Waals surface area (Å²) in [5.74, 6) is -0.0339. The number of amides is 1. The number of anilines is 1. The van der Waals surface area contributed by atoms with Crippen molar-refractivity contribution in [2.24, 2.45) is 11.1 Å². The van der Waals surface area contributed by atoms with E-state index in [-0.39, 0.29) is 19.0 Å². The van der Waals surface area contributed by atoms with Crippen LogP contribution in [-0.2, 0) is 14.3 Å². The van der Waals surface area contributed by atoms with Gasteiger partial charge in [-0.1, -0.05) is 6.08 Å². The molecule has 1 amide bonds. The molecule has 1 saturated heterocycles. The van der Waals surface area contributed by atoms with Crippen LogP contribution in [0.15, 0.2) is 49.2 Å². The summed E-state index contributed by atoms with van der Waals surface area (Å²) in [5.41, 5.74) is 6.92. The summed E-state index contributed by atoms with van der Waals surface area (Å²) in [7, 11) is 0. The normalized spacial score (nSPS) is 20.6. The van der Waals surface area contributed by atoms with Crippen LogP contribution in [0.2, 0.25) is 0 Å². The van der Waals surface area contributed by atoms with Crippen molar-refractivity contribution >= 4 is 11.9 Å². The summed E-state index contributed by atoms with van der Waals surface area (Å²) in [6.45, 7) is 6.05. The van der Waals surface area contributed by atoms with Gasteiger partial charge >= 0.3 is 0 Å². The highest BCUT2D eigenvalue weighted by atomic mass is 19.1. The SMILES string of the molecule is C=CCNc1nccc(-c2[nH]c(C3OCC(C)(C(N)=O)CO3)nc2-c2ccc(F)cc2)n1. The second kappa shape index (κ2) is 8.85. The maximum atomic E-state index is 13.5. The molecular formula is C22H23FN6O3. The minimum Gasteiger partial charge on any atom is -0.369 e. The first kappa shape index (κ1) is 21.6. The van der Waals surface area contributed by atoms with Crippen LogP contribution in [-0.4, -0.2) is 45.6 Å². The van der Waals surface area contributed by atoms with E-state index in [2.05, 4.69) is 31.8 Å². The fraction of sp³-hybridized carbons (Fsp3) is 0.273. The number of ether oxygens (including phenoxy) is 2. The number of hydrogen-bond acceptors (Lipinski definition) is 7. The number of benzene rings is 1. The van der Waals surface area contributed by atoms with Crippen LogP contribution in [0, 0.1) is 11.2 Å². The van der Waals surface area contributed by atoms with Crippen LogP contribution in [0.4, 0.5) is 10.3 Å². The van der Waals surface area contributed by atoms with Crippen molar-refractivity contribution in [2.75, 3.05) is 25.1 Å². The molecule has 4 N–H and O–H groups in total. The van der Waals surface area contributed by atoms with Crippen molar-refractivity contribution in [1.29, 1.82) is 0 Å². The molecule has 3 heterocycles. The molecule has 0 radical (unpaired) electrons. The highest BCUT2D eigenvalue weighted by molar-refractivity contribution is 5.81. The molecule has 0 unspecified atom stereocenters. The van der Waals surface area contributed by atoms with Gasteiger partial charge in [0.05, 0.1) is 35.7 Å². The van der Waals surface area contributed by atoms with Gasteiger partial charge in [-0.15, -0.1) is 6.58 Å². The van der Waals surface area contributed by atoms with Gasteiger partial charge in [0.2, 0.25) is 18.1 Å². The zero-order valence-corrected chi connectivity index (χ0v) is 17.5. The molecule has 0 aliphatic carbocycles. The van der Waals surface area contributed by atoms with Gasteiger partial charge in [0, 0.05) is 18.3 Å². The van der Waals surface area contributed by atoms with Gasteiger partial charge < -0.3 is 25.5 Å². The van der Waals surface area contributed by atoms with Crippen LogP contribution in [0.25, 0.3) is 22.6 Å². The lowest BCUT2D eigenvalue weighted by molar-refractivity contribution is -0.230. The molecule has 1 aromatic carbocycles. The molecule has 0 saturated carbocycles. The lowest BCUT2D eigenvalue weighted by Crippen LogP contribution is -2.46. The fourth-order valence-electron chi connectivity index (χ4n) is 3.16. The molecule has 3 aromatic rings. The lowest BCUT2D eigenvalue weighted by Gasteiger charge is -2.34. The number of primary amides is 1. The van der Waals surface area contributed by atoms with E-state index in [0.29, 0.717) is 41.0 Å². The van der Waals surface area contributed by atoms with Crippen molar-refractivity contribution in [1.82, 2.24) is 19.9 Å². The van der Waals surface area contributed by atoms with Crippen LogP contribution in [0.3, 0.4) is 0 Å². The molecule has 0 bridgehead atoms. The number of H-pyrrole nitrogens is 1. The van der Waals surface area contributed by atoms with E-state index < -0.39 is 17.6 Å². The molecule has 1 aliphatic rings. The zero-order valence-electron chi connectivity index (χ0n) is 17.5. The number of aromatic nitrogens is 4. The number of carbonyl (C=O) groups excluding carboxylic acids is 1. The number of imidazole rings is 1. The Labute approximate surface area is 183 Å². The van der Waals surface area contributed by atoms with Gasteiger partial charge in [-0.2, -0.15) is 0 Å². The van der Waals surface area contributed by atoms with E-state index in [0.717, 1.165) is 0 Å². The minimum absolute atomic E-state index is 0.0953. The van der Waals surface area contributed by atoms with E-state index in [9.17, 15) is 9.18 Å². The molecular weight excluding hydrogens is 415 g/mol. The van der Waals surface area contributed by atoms with Gasteiger partial charge in [-0.3, -0.25) is 4.79 Å². The van der Waals surface area contributed by atoms with Crippen molar-refractivity contribution in [3.8, 4) is 22.6 Å². The Morgan fingerprint density at radius 3 is 2.69 bits per heavy atom. The highest BCUT2D eigenvalue weighted by Crippen LogP contribution is 2.35. The molecule has 0 atom stereocenters. The van der Waals surface area contributed by atoms with E-state index in [4.69, 9.17) is 15.2 Å². The average Bonchev–Trinajstić information content (AvgIpc) is 3.24. The Kier molecular flexibility index (Phi) is 5.97. The molecule has 166 valence electrons. The smallest absolute Gasteiger partial charge is 0.228 e. The minimum atomic E-state index is -0.913. The van der Waals surface area contributed by atoms with E-state index in [1.165, 1.54) is 12.1 Å². The highest BCUT2D eigenvalue weighted by Gasteiger charge is 2.39. The summed E-state index contributed by atoms with van der Waals surface area (Å²) in [6, 6.07) is 7.70. The second-order valence-corrected chi connectivity index (χ2v) is 7.67. The largest absolute Gasteiger partial charge is 0.369 e. The monoisotopic (exact) mass is 438 g/mol. The quantitative estimate of drug-likeness (QED) is 0.484. The molecule has 1 aliphatic heterocycles. The van der Waals surface area contributed by atoms with Gasteiger partial charge in [-0.05, 0) is 37.3 Å². The van der Waals surface area contributed by atoms with E-state index in [1.807, 2.05) is 0 Å². The first-order valence-corrected chi connectivity index (χ1v) is 9.97. The van der Waals surface area contributed by atoms with E-state index in [1.54, 1.807) is 37.4 Å². The molecule has 0 spiro atoms. The summed E-state index contributed by atoms with van der Waals surface area (Å²) in [4.78, 5) is 28.3. The van der Waals surface area contributed by atoms with Gasteiger partial charge in [0.15, 0.2) is 5.82 Å². The Hall–Kier alpha value is -3.63. The van der Waals surface area contributed by atoms with Crippen LogP contribution < -0.4 is 11.1 Å². The number of rotatable bonds is 7. The van der Waals surface area contributed by atoms with Crippen LogP contribution >= 0.6 is 0 Å². The molecule has 10 heteroatoms. The number of halogens is 1. The molecule has 4 rings (SSSR count). The number of nitrogens with zero attached hydrogens (tertiary/aromatic N) is 3. The topological polar surface area (TPSA) is 128 Å². The third-order valence-electron chi connectivity index (χ3n) is 5.08. The zero-order chi connectivity index (χ0) is 22.7. The summed E-state index contributed by atoms with van der Waals surface area (Å²) >= 11 is 0. The standard InChI is InChI=1S/C22H23FN6O3/c1-3-9-25-21-26-10-8-15(27-21)17-16(13-4-6-14(23)7-5-13)28-18(29-17)19-31-11-22(2,12-32-19)20(24)30/h3-8,10,19H,1,9,11-12H2,2H3,(H2,24,30)(H,28,29)(H,25,26,27). The Balaban J connectivity index is 1.71. The maximum absolute atomic E-state index is 13.5. The third-order valence-corrected chi connectivity index (χ3v) is 5.08.